The molecule has 9 rings (SSSR count). The van der Waals surface area contributed by atoms with Crippen LogP contribution in [0.2, 0.25) is 0 Å². The van der Waals surface area contributed by atoms with Gasteiger partial charge in [-0.05, 0) is 129 Å². The molecule has 4 heterocycles. The third-order valence-electron chi connectivity index (χ3n) is 24.0. The number of carboxylic acid groups (broad SMARTS) is 1. The fourth-order valence-electron chi connectivity index (χ4n) is 16.5. The maximum Gasteiger partial charge on any atom is 0.305 e. The molecule has 0 saturated carbocycles. The number of carboxylic acids is 1. The van der Waals surface area contributed by atoms with Crippen LogP contribution < -0.4 is 65.1 Å². The lowest BCUT2D eigenvalue weighted by Crippen LogP contribution is -2.62. The number of nitrogens with two attached hydrogens (primary N) is 3. The highest BCUT2D eigenvalue weighted by Gasteiger charge is 2.48. The summed E-state index contributed by atoms with van der Waals surface area (Å²) in [6.45, 7) is 5.23. The van der Waals surface area contributed by atoms with Crippen molar-refractivity contribution >= 4 is 117 Å². The first-order valence-corrected chi connectivity index (χ1v) is 45.8. The van der Waals surface area contributed by atoms with E-state index in [1.165, 1.54) is 57.1 Å². The number of carbonyl (C=O) groups excluding carboxylic acids is 15. The number of benzene rings is 5. The minimum absolute atomic E-state index is 0.00846. The second kappa shape index (κ2) is 49.6. The van der Waals surface area contributed by atoms with Gasteiger partial charge in [0.1, 0.15) is 84.3 Å². The van der Waals surface area contributed by atoms with Gasteiger partial charge in [-0.1, -0.05) is 124 Å². The number of aliphatic hydroxyl groups excluding tert-OH is 1. The number of nitrogens with one attached hydrogen (secondary N) is 10. The van der Waals surface area contributed by atoms with E-state index in [0.717, 1.165) is 32.2 Å². The lowest BCUT2D eigenvalue weighted by molar-refractivity contribution is -0.152. The highest BCUT2D eigenvalue weighted by molar-refractivity contribution is 8.00. The lowest BCUT2D eigenvalue weighted by atomic mass is 9.98. The average molecular weight is 1880 g/mol. The smallest absolute Gasteiger partial charge is 0.305 e. The van der Waals surface area contributed by atoms with E-state index >= 15 is 51.9 Å². The Kier molecular flexibility index (Phi) is 38.8. The normalized spacial score (nSPS) is 24.0. The fraction of sp³-hybridized carbons (Fsp3) is 0.484. The molecule has 3 saturated heterocycles. The SMILES string of the molecule is CCCC[C@H]1C(=O)N2C[C@@H](O)C[C@@H]2C(=O)N[C@@H](CC(=O)O)C(=O)N[C@@H](C(C)C)C(=O)N(C)[C@H](Cc2ccc(C)cc2)C(=O)N[C@@H](CCCN)C(=O)N2CCC[C@@H]2C(=O)N[C@@H](Cc2c[nH]c3ccccc23)C(=O)N[C@@H](Cc2ccc(O)cc2)C(=O)N[C@H](CCCN)C(=O)N[C@H](C(=O)NCC(N)=O)CSCC(=O)N[C@H](Cc2cc(F)c(F)c(F)c2)C(=O)N(C)[C@@H](Cc2ccccc2)C(=O)N1C. The molecular weight excluding hydrogens is 1760 g/mol. The molecule has 5 aromatic carbocycles. The van der Waals surface area contributed by atoms with E-state index in [2.05, 4.69) is 52.8 Å². The molecule has 0 bridgehead atoms. The summed E-state index contributed by atoms with van der Waals surface area (Å²) >= 11 is 0.651. The molecule has 134 heavy (non-hydrogen) atoms. The number of aliphatic carboxylic acids is 1. The van der Waals surface area contributed by atoms with Gasteiger partial charge in [-0.15, -0.1) is 11.8 Å². The molecule has 14 atom stereocenters. The predicted octanol–water partition coefficient (Wildman–Crippen LogP) is 0.572. The van der Waals surface area contributed by atoms with Crippen LogP contribution in [0.3, 0.4) is 0 Å². The lowest BCUT2D eigenvalue weighted by Gasteiger charge is -2.38. The Balaban J connectivity index is 1.14. The quantitative estimate of drug-likeness (QED) is 0.0348. The Morgan fingerprint density at radius 1 is 0.545 bits per heavy atom. The first-order valence-electron chi connectivity index (χ1n) is 44.6. The van der Waals surface area contributed by atoms with E-state index in [0.29, 0.717) is 63.5 Å². The van der Waals surface area contributed by atoms with Gasteiger partial charge in [-0.3, -0.25) is 76.7 Å². The molecular formula is C93H121F3N18O19S. The number of aryl methyl sites for hydroxylation is 1. The van der Waals surface area contributed by atoms with Crippen molar-refractivity contribution in [2.75, 3.05) is 65.4 Å². The van der Waals surface area contributed by atoms with Crippen molar-refractivity contribution in [3.63, 3.8) is 0 Å². The van der Waals surface area contributed by atoms with Gasteiger partial charge >= 0.3 is 5.97 Å². The van der Waals surface area contributed by atoms with Crippen LogP contribution in [0.5, 0.6) is 5.75 Å². The number of phenols is 1. The van der Waals surface area contributed by atoms with E-state index in [9.17, 15) is 53.3 Å². The van der Waals surface area contributed by atoms with Gasteiger partial charge in [-0.2, -0.15) is 0 Å². The van der Waals surface area contributed by atoms with Crippen LogP contribution in [0, 0.1) is 30.3 Å². The number of aromatic hydroxyl groups is 1. The molecule has 19 N–H and O–H groups in total. The number of unbranched alkanes of at least 4 members (excludes halogenated alkanes) is 1. The molecule has 0 spiro atoms. The monoisotopic (exact) mass is 1880 g/mol. The van der Waals surface area contributed by atoms with E-state index in [1.54, 1.807) is 92.0 Å². The third kappa shape index (κ3) is 28.8. The maximum absolute atomic E-state index is 15.7. The zero-order valence-electron chi connectivity index (χ0n) is 75.9. The van der Waals surface area contributed by atoms with Crippen LogP contribution in [0.25, 0.3) is 10.9 Å². The van der Waals surface area contributed by atoms with Crippen LogP contribution in [-0.4, -0.2) is 289 Å². The number of carbonyl (C=O) groups is 16. The number of aliphatic hydroxyl groups is 1. The summed E-state index contributed by atoms with van der Waals surface area (Å²) in [4.78, 5) is 246. The molecule has 724 valence electrons. The number of aromatic amines is 1. The van der Waals surface area contributed by atoms with E-state index < -0.39 is 246 Å². The van der Waals surface area contributed by atoms with Crippen molar-refractivity contribution in [1.29, 1.82) is 0 Å². The number of nitrogens with zero attached hydrogens (tertiary/aromatic N) is 5. The van der Waals surface area contributed by atoms with Gasteiger partial charge in [0, 0.05) is 95.6 Å². The number of hydrogen-bond donors (Lipinski definition) is 16. The minimum Gasteiger partial charge on any atom is -0.508 e. The third-order valence-corrected chi connectivity index (χ3v) is 25.0. The standard InChI is InChI=1S/C93H121F3N18O19S/c1-8-9-24-72-92(132)114-48-59(116)44-74(114)88(128)107-68(45-78(119)120)85(125)109-80(51(2)3)93(133)111(6)73(41-55-28-26-52(4)27-29-55)87(127)104-65(23-16-35-98)90(130)113-36-17-25-71(113)86(126)106-67(43-57-46-100-63-21-14-13-20-60(57)63)84(124)105-66(39-54-30-32-58(115)33-31-54)83(123)103-64(22-15-34-97)82(122)108-70(81(121)101-47-76(99)117)49-134-50-77(118)102-69(40-56-37-61(94)79(96)62(95)38-56)89(129)112(7)75(91(131)110(72)5)42-53-18-11-10-12-19-53/h10-14,18-21,26-33,37-38,46,51,59,64-75,80,100,115-116H,8-9,15-17,22-25,34-36,39-45,47-50,97-98H2,1-7H3,(H2,99,117)(H,101,121)(H,102,118)(H,103,123)(H,104,127)(H,105,124)(H,106,126)(H,107,128)(H,108,122)(H,109,125)(H,119,120)/t59-,64+,65-,66-,67-,68-,69+,70-,71+,72-,73+,74+,75-,80-/m0/s1. The van der Waals surface area contributed by atoms with Gasteiger partial charge in [0.25, 0.3) is 0 Å². The van der Waals surface area contributed by atoms with Crippen molar-refractivity contribution in [3.8, 4) is 5.75 Å². The highest BCUT2D eigenvalue weighted by Crippen LogP contribution is 2.29. The number of primary amides is 1. The molecule has 37 nitrogen and oxygen atoms in total. The highest BCUT2D eigenvalue weighted by atomic mass is 32.2. The number of para-hydroxylation sites is 1. The number of likely N-dealkylation sites (N-methyl/N-ethyl adjacent to an activating group) is 3. The minimum atomic E-state index is -2.02. The summed E-state index contributed by atoms with van der Waals surface area (Å²) in [6, 6.07) is 7.51. The number of rotatable bonds is 25. The van der Waals surface area contributed by atoms with Gasteiger partial charge < -0.3 is 110 Å². The van der Waals surface area contributed by atoms with Crippen molar-refractivity contribution in [2.45, 2.75) is 215 Å². The van der Waals surface area contributed by atoms with E-state index in [1.807, 2.05) is 6.92 Å². The number of aromatic nitrogens is 1. The van der Waals surface area contributed by atoms with Crippen molar-refractivity contribution in [2.24, 2.45) is 23.1 Å². The Bertz CT molecular complexity index is 5170. The second-order valence-electron chi connectivity index (χ2n) is 34.4. The van der Waals surface area contributed by atoms with Crippen LogP contribution in [0.1, 0.15) is 125 Å². The van der Waals surface area contributed by atoms with Crippen LogP contribution in [0.4, 0.5) is 13.2 Å². The number of thioether (sulfide) groups is 1. The topological polar surface area (TPSA) is 552 Å². The maximum atomic E-state index is 15.7. The number of H-pyrrole nitrogens is 1. The summed E-state index contributed by atoms with van der Waals surface area (Å²) in [5.41, 5.74) is 20.4. The summed E-state index contributed by atoms with van der Waals surface area (Å²) in [5, 5.41) is 56.3. The van der Waals surface area contributed by atoms with Crippen molar-refractivity contribution in [1.82, 2.24) is 77.3 Å². The first kappa shape index (κ1) is 105. The van der Waals surface area contributed by atoms with Crippen molar-refractivity contribution in [3.05, 3.63) is 172 Å². The molecule has 15 amide bonds. The van der Waals surface area contributed by atoms with E-state index in [4.69, 9.17) is 17.2 Å². The zero-order valence-corrected chi connectivity index (χ0v) is 76.7. The number of hydrogen-bond acceptors (Lipinski definition) is 21. The number of amides is 15. The predicted molar refractivity (Wildman–Crippen MR) is 488 cm³/mol. The van der Waals surface area contributed by atoms with Crippen LogP contribution >= 0.6 is 11.8 Å². The molecule has 3 aliphatic rings. The molecule has 6 aromatic rings. The number of halogens is 3. The number of fused-ring (bicyclic) bond motifs is 3. The van der Waals surface area contributed by atoms with Gasteiger partial charge in [0.15, 0.2) is 17.5 Å². The first-order chi connectivity index (χ1) is 63.8. The summed E-state index contributed by atoms with van der Waals surface area (Å²) in [5.74, 6) is -24.1. The van der Waals surface area contributed by atoms with Gasteiger partial charge in [0.2, 0.25) is 88.6 Å². The van der Waals surface area contributed by atoms with Crippen molar-refractivity contribution < 1.29 is 105 Å². The molecule has 0 unspecified atom stereocenters. The fourth-order valence-corrected chi connectivity index (χ4v) is 17.4. The van der Waals surface area contributed by atoms with E-state index in [-0.39, 0.29) is 108 Å². The molecule has 0 aliphatic carbocycles. The summed E-state index contributed by atoms with van der Waals surface area (Å²) < 4.78 is 45.1. The Hall–Kier alpha value is -13.0. The van der Waals surface area contributed by atoms with Gasteiger partial charge in [0.05, 0.1) is 24.8 Å². The Labute approximate surface area is 777 Å². The molecule has 41 heteroatoms. The molecule has 0 radical (unpaired) electrons. The summed E-state index contributed by atoms with van der Waals surface area (Å²) in [7, 11) is 3.68. The molecule has 3 fully saturated rings. The molecule has 3 aliphatic heterocycles. The van der Waals surface area contributed by atoms with Crippen LogP contribution in [0.15, 0.2) is 121 Å². The largest absolute Gasteiger partial charge is 0.508 e. The summed E-state index contributed by atoms with van der Waals surface area (Å²) in [6.07, 6.45) is -2.83. The zero-order chi connectivity index (χ0) is 97.9. The number of phenolic OH excluding ortho intramolecular Hbond substituents is 1. The Morgan fingerprint density at radius 3 is 1.73 bits per heavy atom. The van der Waals surface area contributed by atoms with Crippen LogP contribution in [-0.2, 0) is 109 Å². The molecule has 1 aromatic heterocycles. The Morgan fingerprint density at radius 2 is 1.09 bits per heavy atom. The second-order valence-corrected chi connectivity index (χ2v) is 35.4. The average Bonchev–Trinajstić information content (AvgIpc) is 1.54. The van der Waals surface area contributed by atoms with Gasteiger partial charge in [-0.25, -0.2) is 13.2 Å².